The monoisotopic (exact) mass is 279 g/mol. The molecule has 1 aliphatic heterocycles. The van der Waals surface area contributed by atoms with Crippen LogP contribution < -0.4 is 4.90 Å². The van der Waals surface area contributed by atoms with Crippen molar-refractivity contribution in [3.8, 4) is 0 Å². The van der Waals surface area contributed by atoms with Crippen LogP contribution in [0.1, 0.15) is 17.3 Å². The molecule has 0 aromatic heterocycles. The first-order valence-electron chi connectivity index (χ1n) is 6.40. The fourth-order valence-corrected chi connectivity index (χ4v) is 2.00. The number of carbonyl (C=O) groups is 2. The van der Waals surface area contributed by atoms with Crippen molar-refractivity contribution < 1.29 is 23.8 Å². The van der Waals surface area contributed by atoms with Crippen molar-refractivity contribution in [1.82, 2.24) is 0 Å². The minimum atomic E-state index is -0.407. The van der Waals surface area contributed by atoms with Crippen molar-refractivity contribution >= 4 is 17.7 Å². The van der Waals surface area contributed by atoms with Crippen LogP contribution in [-0.2, 0) is 14.2 Å². The highest BCUT2D eigenvalue weighted by Crippen LogP contribution is 2.22. The predicted octanol–water partition coefficient (Wildman–Crippen LogP) is 1.83. The van der Waals surface area contributed by atoms with Gasteiger partial charge in [0.05, 0.1) is 25.3 Å². The number of methoxy groups -OCH3 is 1. The smallest absolute Gasteiger partial charge is 0.414 e. The van der Waals surface area contributed by atoms with E-state index >= 15 is 0 Å². The molecule has 6 nitrogen and oxygen atoms in total. The van der Waals surface area contributed by atoms with Crippen LogP contribution in [0.2, 0.25) is 0 Å². The number of nitrogens with zero attached hydrogens (tertiary/aromatic N) is 1. The summed E-state index contributed by atoms with van der Waals surface area (Å²) in [6.07, 6.45) is -0.673. The lowest BCUT2D eigenvalue weighted by Crippen LogP contribution is -2.25. The van der Waals surface area contributed by atoms with E-state index in [0.717, 1.165) is 0 Å². The second-order valence-corrected chi connectivity index (χ2v) is 4.34. The van der Waals surface area contributed by atoms with Gasteiger partial charge < -0.3 is 14.2 Å². The Morgan fingerprint density at radius 1 is 1.40 bits per heavy atom. The number of hydrogen-bond donors (Lipinski definition) is 0. The van der Waals surface area contributed by atoms with E-state index in [1.54, 1.807) is 38.3 Å². The van der Waals surface area contributed by atoms with E-state index in [0.29, 0.717) is 31.0 Å². The highest BCUT2D eigenvalue weighted by Gasteiger charge is 2.32. The van der Waals surface area contributed by atoms with Crippen molar-refractivity contribution in [3.63, 3.8) is 0 Å². The summed E-state index contributed by atoms with van der Waals surface area (Å²) in [7, 11) is 1.56. The van der Waals surface area contributed by atoms with Gasteiger partial charge in [-0.2, -0.15) is 0 Å². The Morgan fingerprint density at radius 3 is 2.70 bits per heavy atom. The molecule has 1 amide bonds. The third-order valence-corrected chi connectivity index (χ3v) is 2.92. The van der Waals surface area contributed by atoms with Gasteiger partial charge in [-0.3, -0.25) is 4.90 Å². The molecule has 1 aromatic carbocycles. The zero-order valence-electron chi connectivity index (χ0n) is 11.5. The molecule has 0 aliphatic carbocycles. The standard InChI is InChI=1S/C14H17NO5/c1-3-19-13(16)10-4-6-11(7-5-10)15-8-12(9-18-2)20-14(15)17/h4-7,12H,3,8-9H2,1-2H3. The molecule has 108 valence electrons. The fraction of sp³-hybridized carbons (Fsp3) is 0.429. The van der Waals surface area contributed by atoms with Crippen LogP contribution >= 0.6 is 0 Å². The second-order valence-electron chi connectivity index (χ2n) is 4.34. The molecule has 0 radical (unpaired) electrons. The van der Waals surface area contributed by atoms with Crippen LogP contribution in [0.3, 0.4) is 0 Å². The lowest BCUT2D eigenvalue weighted by Gasteiger charge is -2.13. The van der Waals surface area contributed by atoms with Gasteiger partial charge in [-0.15, -0.1) is 0 Å². The molecule has 1 unspecified atom stereocenters. The number of cyclic esters (lactones) is 1. The first kappa shape index (κ1) is 14.3. The first-order valence-corrected chi connectivity index (χ1v) is 6.40. The second kappa shape index (κ2) is 6.38. The van der Waals surface area contributed by atoms with Crippen molar-refractivity contribution in [1.29, 1.82) is 0 Å². The SMILES string of the molecule is CCOC(=O)c1ccc(N2CC(COC)OC2=O)cc1. The summed E-state index contributed by atoms with van der Waals surface area (Å²) in [5, 5.41) is 0. The van der Waals surface area contributed by atoms with E-state index in [2.05, 4.69) is 0 Å². The van der Waals surface area contributed by atoms with Crippen molar-refractivity contribution in [2.75, 3.05) is 31.8 Å². The minimum absolute atomic E-state index is 0.266. The van der Waals surface area contributed by atoms with Crippen LogP contribution in [0.5, 0.6) is 0 Å². The van der Waals surface area contributed by atoms with Crippen LogP contribution in [0, 0.1) is 0 Å². The number of rotatable bonds is 5. The summed E-state index contributed by atoms with van der Waals surface area (Å²) in [6.45, 7) is 2.88. The highest BCUT2D eigenvalue weighted by atomic mass is 16.6. The lowest BCUT2D eigenvalue weighted by molar-refractivity contribution is 0.0526. The van der Waals surface area contributed by atoms with Crippen molar-refractivity contribution in [3.05, 3.63) is 29.8 Å². The number of esters is 1. The third-order valence-electron chi connectivity index (χ3n) is 2.92. The first-order chi connectivity index (χ1) is 9.65. The van der Waals surface area contributed by atoms with E-state index in [-0.39, 0.29) is 12.1 Å². The maximum atomic E-state index is 11.7. The Hall–Kier alpha value is -2.08. The molecule has 2 rings (SSSR count). The molecule has 6 heteroatoms. The molecule has 0 N–H and O–H groups in total. The molecular weight excluding hydrogens is 262 g/mol. The molecule has 0 bridgehead atoms. The van der Waals surface area contributed by atoms with Crippen LogP contribution in [0.15, 0.2) is 24.3 Å². The van der Waals surface area contributed by atoms with Crippen molar-refractivity contribution in [2.45, 2.75) is 13.0 Å². The van der Waals surface area contributed by atoms with Gasteiger partial charge >= 0.3 is 12.1 Å². The summed E-state index contributed by atoms with van der Waals surface area (Å²) < 4.78 is 15.0. The van der Waals surface area contributed by atoms with Crippen molar-refractivity contribution in [2.24, 2.45) is 0 Å². The summed E-state index contributed by atoms with van der Waals surface area (Å²) in [5.74, 6) is -0.375. The van der Waals surface area contributed by atoms with E-state index in [1.165, 1.54) is 4.90 Å². The quantitative estimate of drug-likeness (QED) is 0.769. The van der Waals surface area contributed by atoms with Gasteiger partial charge in [0, 0.05) is 12.8 Å². The fourth-order valence-electron chi connectivity index (χ4n) is 2.00. The maximum absolute atomic E-state index is 11.7. The predicted molar refractivity (Wildman–Crippen MR) is 71.9 cm³/mol. The normalized spacial score (nSPS) is 18.0. The maximum Gasteiger partial charge on any atom is 0.414 e. The highest BCUT2D eigenvalue weighted by molar-refractivity contribution is 5.92. The van der Waals surface area contributed by atoms with Crippen LogP contribution in [0.25, 0.3) is 0 Å². The Bertz CT molecular complexity index is 485. The Kier molecular flexibility index (Phi) is 4.57. The molecule has 0 spiro atoms. The Balaban J connectivity index is 2.06. The van der Waals surface area contributed by atoms with Gasteiger partial charge in [-0.25, -0.2) is 9.59 Å². The molecule has 1 heterocycles. The molecule has 0 saturated carbocycles. The van der Waals surface area contributed by atoms with Crippen LogP contribution in [-0.4, -0.2) is 45.0 Å². The van der Waals surface area contributed by atoms with E-state index in [9.17, 15) is 9.59 Å². The number of benzene rings is 1. The van der Waals surface area contributed by atoms with Gasteiger partial charge in [-0.1, -0.05) is 0 Å². The summed E-state index contributed by atoms with van der Waals surface area (Å²) in [5.41, 5.74) is 1.14. The number of amides is 1. The number of ether oxygens (including phenoxy) is 3. The Morgan fingerprint density at radius 2 is 2.10 bits per heavy atom. The summed E-state index contributed by atoms with van der Waals surface area (Å²) in [4.78, 5) is 24.8. The van der Waals surface area contributed by atoms with E-state index in [4.69, 9.17) is 14.2 Å². The number of anilines is 1. The zero-order valence-corrected chi connectivity index (χ0v) is 11.5. The summed E-state index contributed by atoms with van der Waals surface area (Å²) >= 11 is 0. The molecule has 1 saturated heterocycles. The number of carbonyl (C=O) groups excluding carboxylic acids is 2. The topological polar surface area (TPSA) is 65.1 Å². The molecule has 20 heavy (non-hydrogen) atoms. The zero-order chi connectivity index (χ0) is 14.5. The van der Waals surface area contributed by atoms with E-state index in [1.807, 2.05) is 0 Å². The number of hydrogen-bond acceptors (Lipinski definition) is 5. The molecule has 1 aromatic rings. The van der Waals surface area contributed by atoms with Gasteiger partial charge in [0.2, 0.25) is 0 Å². The van der Waals surface area contributed by atoms with Gasteiger partial charge in [0.15, 0.2) is 0 Å². The largest absolute Gasteiger partial charge is 0.462 e. The minimum Gasteiger partial charge on any atom is -0.462 e. The lowest BCUT2D eigenvalue weighted by atomic mass is 10.2. The van der Waals surface area contributed by atoms with E-state index < -0.39 is 6.09 Å². The molecule has 1 aliphatic rings. The summed E-state index contributed by atoms with van der Waals surface area (Å²) in [6, 6.07) is 6.65. The molecule has 1 atom stereocenters. The Labute approximate surface area is 117 Å². The molecule has 1 fully saturated rings. The third kappa shape index (κ3) is 3.08. The van der Waals surface area contributed by atoms with Crippen LogP contribution in [0.4, 0.5) is 10.5 Å². The average Bonchev–Trinajstić information content (AvgIpc) is 2.80. The average molecular weight is 279 g/mol. The molecular formula is C14H17NO5. The van der Waals surface area contributed by atoms with Gasteiger partial charge in [-0.05, 0) is 31.2 Å². The van der Waals surface area contributed by atoms with Gasteiger partial charge in [0.1, 0.15) is 6.10 Å². The van der Waals surface area contributed by atoms with Gasteiger partial charge in [0.25, 0.3) is 0 Å².